The third kappa shape index (κ3) is 5.69. The minimum Gasteiger partial charge on any atom is -0.273 e. The molecule has 0 radical (unpaired) electrons. The second kappa shape index (κ2) is 9.00. The van der Waals surface area contributed by atoms with Gasteiger partial charge in [0.15, 0.2) is 0 Å². The van der Waals surface area contributed by atoms with Crippen molar-refractivity contribution in [1.82, 2.24) is 10.4 Å². The topological polar surface area (TPSA) is 54.4 Å². The Balaban J connectivity index is 1.54. The first-order valence-electron chi connectivity index (χ1n) is 8.36. The number of halogens is 1. The molecule has 0 fully saturated rings. The van der Waals surface area contributed by atoms with E-state index in [9.17, 15) is 9.18 Å². The van der Waals surface area contributed by atoms with E-state index in [1.807, 2.05) is 48.7 Å². The quantitative estimate of drug-likeness (QED) is 0.499. The molecule has 1 amide bonds. The summed E-state index contributed by atoms with van der Waals surface area (Å²) in [6.45, 7) is 1.91. The summed E-state index contributed by atoms with van der Waals surface area (Å²) in [5.41, 5.74) is 5.99. The molecular weight excluding hydrogens is 361 g/mol. The number of aromatic nitrogens is 1. The number of carbonyl (C=O) groups excluding carboxylic acids is 1. The zero-order valence-corrected chi connectivity index (χ0v) is 15.5. The molecule has 0 unspecified atom stereocenters. The van der Waals surface area contributed by atoms with Gasteiger partial charge < -0.3 is 0 Å². The Morgan fingerprint density at radius 1 is 1.19 bits per heavy atom. The van der Waals surface area contributed by atoms with E-state index in [4.69, 9.17) is 0 Å². The van der Waals surface area contributed by atoms with Gasteiger partial charge in [0.1, 0.15) is 10.8 Å². The summed E-state index contributed by atoms with van der Waals surface area (Å²) in [4.78, 5) is 16.4. The van der Waals surface area contributed by atoms with Gasteiger partial charge in [0.25, 0.3) is 0 Å². The van der Waals surface area contributed by atoms with Gasteiger partial charge in [0.05, 0.1) is 18.3 Å². The number of rotatable bonds is 6. The second-order valence-corrected chi connectivity index (χ2v) is 6.78. The molecule has 1 heterocycles. The van der Waals surface area contributed by atoms with Crippen LogP contribution in [0.25, 0.3) is 16.6 Å². The van der Waals surface area contributed by atoms with Crippen LogP contribution in [0, 0.1) is 5.82 Å². The number of allylic oxidation sites excluding steroid dienone is 1. The SMILES string of the molecule is CC(/C=N\NC(=O)Cc1csc(-c2ccc(F)cc2)n1)=C\c1ccccc1. The normalized spacial score (nSPS) is 11.7. The molecule has 1 N–H and O–H groups in total. The van der Waals surface area contributed by atoms with E-state index in [0.717, 1.165) is 21.7 Å². The van der Waals surface area contributed by atoms with Crippen molar-refractivity contribution in [3.05, 3.63) is 82.6 Å². The Labute approximate surface area is 161 Å². The molecule has 0 saturated heterocycles. The monoisotopic (exact) mass is 379 g/mol. The minimum absolute atomic E-state index is 0.135. The van der Waals surface area contributed by atoms with E-state index in [1.165, 1.54) is 23.5 Å². The summed E-state index contributed by atoms with van der Waals surface area (Å²) in [5.74, 6) is -0.529. The van der Waals surface area contributed by atoms with E-state index in [1.54, 1.807) is 18.3 Å². The number of nitrogens with one attached hydrogen (secondary N) is 1. The molecule has 0 aliphatic carbocycles. The molecule has 6 heteroatoms. The van der Waals surface area contributed by atoms with Crippen LogP contribution in [0.4, 0.5) is 4.39 Å². The highest BCUT2D eigenvalue weighted by Gasteiger charge is 2.08. The van der Waals surface area contributed by atoms with E-state index in [0.29, 0.717) is 5.69 Å². The maximum atomic E-state index is 13.0. The van der Waals surface area contributed by atoms with Gasteiger partial charge in [0, 0.05) is 10.9 Å². The number of hydrogen-bond donors (Lipinski definition) is 1. The lowest BCUT2D eigenvalue weighted by Crippen LogP contribution is -2.19. The molecule has 27 heavy (non-hydrogen) atoms. The molecule has 1 aromatic heterocycles. The maximum Gasteiger partial charge on any atom is 0.246 e. The van der Waals surface area contributed by atoms with Crippen molar-refractivity contribution in [2.45, 2.75) is 13.3 Å². The Kier molecular flexibility index (Phi) is 6.22. The summed E-state index contributed by atoms with van der Waals surface area (Å²) in [6.07, 6.45) is 3.72. The minimum atomic E-state index is -0.288. The number of hydrazone groups is 1. The first-order chi connectivity index (χ1) is 13.1. The van der Waals surface area contributed by atoms with Gasteiger partial charge in [0.2, 0.25) is 5.91 Å². The number of nitrogens with zero attached hydrogens (tertiary/aromatic N) is 2. The van der Waals surface area contributed by atoms with E-state index in [-0.39, 0.29) is 18.1 Å². The predicted molar refractivity (Wildman–Crippen MR) is 108 cm³/mol. The molecular formula is C21H18FN3OS. The zero-order valence-electron chi connectivity index (χ0n) is 14.7. The molecule has 0 aliphatic heterocycles. The number of amides is 1. The largest absolute Gasteiger partial charge is 0.273 e. The van der Waals surface area contributed by atoms with Crippen LogP contribution in [0.2, 0.25) is 0 Å². The average Bonchev–Trinajstić information content (AvgIpc) is 3.11. The van der Waals surface area contributed by atoms with E-state index >= 15 is 0 Å². The first kappa shape index (κ1) is 18.7. The van der Waals surface area contributed by atoms with Crippen LogP contribution in [0.1, 0.15) is 18.2 Å². The van der Waals surface area contributed by atoms with Crippen LogP contribution in [0.15, 0.2) is 70.7 Å². The number of carbonyl (C=O) groups is 1. The third-order valence-corrected chi connectivity index (χ3v) is 4.58. The fraction of sp³-hybridized carbons (Fsp3) is 0.0952. The van der Waals surface area contributed by atoms with E-state index < -0.39 is 0 Å². The van der Waals surface area contributed by atoms with Crippen LogP contribution < -0.4 is 5.43 Å². The number of hydrogen-bond acceptors (Lipinski definition) is 4. The van der Waals surface area contributed by atoms with Crippen molar-refractivity contribution < 1.29 is 9.18 Å². The van der Waals surface area contributed by atoms with Crippen molar-refractivity contribution >= 4 is 29.5 Å². The number of thiazole rings is 1. The van der Waals surface area contributed by atoms with Crippen molar-refractivity contribution in [2.24, 2.45) is 5.10 Å². The highest BCUT2D eigenvalue weighted by atomic mass is 32.1. The van der Waals surface area contributed by atoms with Crippen molar-refractivity contribution in [1.29, 1.82) is 0 Å². The molecule has 0 atom stereocenters. The molecule has 0 saturated carbocycles. The fourth-order valence-electron chi connectivity index (χ4n) is 2.37. The third-order valence-electron chi connectivity index (χ3n) is 3.64. The van der Waals surface area contributed by atoms with Gasteiger partial charge in [-0.25, -0.2) is 14.8 Å². The van der Waals surface area contributed by atoms with Crippen molar-refractivity contribution in [3.8, 4) is 10.6 Å². The number of benzene rings is 2. The molecule has 4 nitrogen and oxygen atoms in total. The van der Waals surface area contributed by atoms with Crippen LogP contribution in [-0.2, 0) is 11.2 Å². The summed E-state index contributed by atoms with van der Waals surface area (Å²) in [6, 6.07) is 16.0. The standard InChI is InChI=1S/C21H18FN3OS/c1-15(11-16-5-3-2-4-6-16)13-23-25-20(26)12-19-14-27-21(24-19)17-7-9-18(22)10-8-17/h2-11,13-14H,12H2,1H3,(H,25,26)/b15-11+,23-13-. The molecule has 3 aromatic rings. The van der Waals surface area contributed by atoms with Gasteiger partial charge in [-0.3, -0.25) is 4.79 Å². The lowest BCUT2D eigenvalue weighted by Gasteiger charge is -1.98. The second-order valence-electron chi connectivity index (χ2n) is 5.92. The van der Waals surface area contributed by atoms with Gasteiger partial charge in [-0.2, -0.15) is 5.10 Å². The Morgan fingerprint density at radius 3 is 2.67 bits per heavy atom. The maximum absolute atomic E-state index is 13.0. The lowest BCUT2D eigenvalue weighted by atomic mass is 10.1. The Hall–Kier alpha value is -3.12. The molecule has 2 aromatic carbocycles. The van der Waals surface area contributed by atoms with Gasteiger partial charge >= 0.3 is 0 Å². The van der Waals surface area contributed by atoms with Crippen LogP contribution in [0.5, 0.6) is 0 Å². The lowest BCUT2D eigenvalue weighted by molar-refractivity contribution is -0.120. The van der Waals surface area contributed by atoms with E-state index in [2.05, 4.69) is 15.5 Å². The first-order valence-corrected chi connectivity index (χ1v) is 9.24. The molecule has 0 spiro atoms. The molecule has 0 aliphatic rings. The Morgan fingerprint density at radius 2 is 1.93 bits per heavy atom. The summed E-state index contributed by atoms with van der Waals surface area (Å²) in [7, 11) is 0. The van der Waals surface area contributed by atoms with Gasteiger partial charge in [-0.1, -0.05) is 36.4 Å². The van der Waals surface area contributed by atoms with Crippen molar-refractivity contribution in [3.63, 3.8) is 0 Å². The molecule has 3 rings (SSSR count). The van der Waals surface area contributed by atoms with Crippen LogP contribution >= 0.6 is 11.3 Å². The average molecular weight is 379 g/mol. The Bertz CT molecular complexity index is 963. The molecule has 0 bridgehead atoms. The summed E-state index contributed by atoms with van der Waals surface area (Å²) in [5, 5.41) is 6.55. The van der Waals surface area contributed by atoms with Gasteiger partial charge in [-0.15, -0.1) is 11.3 Å². The smallest absolute Gasteiger partial charge is 0.246 e. The van der Waals surface area contributed by atoms with Crippen LogP contribution in [-0.4, -0.2) is 17.1 Å². The van der Waals surface area contributed by atoms with Crippen LogP contribution in [0.3, 0.4) is 0 Å². The highest BCUT2D eigenvalue weighted by Crippen LogP contribution is 2.24. The van der Waals surface area contributed by atoms with Crippen molar-refractivity contribution in [2.75, 3.05) is 0 Å². The summed E-state index contributed by atoms with van der Waals surface area (Å²) >= 11 is 1.42. The highest BCUT2D eigenvalue weighted by molar-refractivity contribution is 7.13. The van der Waals surface area contributed by atoms with Gasteiger partial charge in [-0.05, 0) is 42.3 Å². The molecule has 136 valence electrons. The zero-order chi connectivity index (χ0) is 19.1. The predicted octanol–water partition coefficient (Wildman–Crippen LogP) is 4.70. The fourth-order valence-corrected chi connectivity index (χ4v) is 3.20. The summed E-state index contributed by atoms with van der Waals surface area (Å²) < 4.78 is 13.0.